The van der Waals surface area contributed by atoms with Crippen molar-refractivity contribution < 1.29 is 0 Å². The number of thiazole rings is 1. The topological polar surface area (TPSA) is 12.9 Å². The molecule has 72 valence electrons. The number of benzene rings is 1. The van der Waals surface area contributed by atoms with Crippen LogP contribution in [0, 0.1) is 0 Å². The van der Waals surface area contributed by atoms with Crippen LogP contribution in [-0.4, -0.2) is 4.98 Å². The lowest BCUT2D eigenvalue weighted by molar-refractivity contribution is 1.37. The first-order chi connectivity index (χ1) is 6.79. The molecule has 0 fully saturated rings. The van der Waals surface area contributed by atoms with Crippen molar-refractivity contribution in [2.45, 2.75) is 5.75 Å². The fraction of sp³-hybridized carbons (Fsp3) is 0.100. The Bertz CT molecular complexity index is 422. The summed E-state index contributed by atoms with van der Waals surface area (Å²) < 4.78 is 0. The molecule has 2 rings (SSSR count). The van der Waals surface area contributed by atoms with E-state index in [0.717, 1.165) is 21.3 Å². The van der Waals surface area contributed by atoms with Crippen molar-refractivity contribution in [3.63, 3.8) is 0 Å². The highest BCUT2D eigenvalue weighted by molar-refractivity contribution is 7.79. The van der Waals surface area contributed by atoms with Crippen LogP contribution in [0.25, 0.3) is 10.6 Å². The molecule has 0 N–H and O–H groups in total. The lowest BCUT2D eigenvalue weighted by atomic mass is 10.2. The van der Waals surface area contributed by atoms with Crippen LogP contribution in [0.1, 0.15) is 4.88 Å². The van der Waals surface area contributed by atoms with Gasteiger partial charge in [0.05, 0.1) is 0 Å². The molecular formula is C10H8ClNS2. The smallest absolute Gasteiger partial charge is 0.123 e. The zero-order valence-corrected chi connectivity index (χ0v) is 9.74. The van der Waals surface area contributed by atoms with Crippen LogP contribution in [0.2, 0.25) is 5.02 Å². The van der Waals surface area contributed by atoms with E-state index in [2.05, 4.69) is 17.6 Å². The van der Waals surface area contributed by atoms with E-state index in [1.807, 2.05) is 30.5 Å². The van der Waals surface area contributed by atoms with Gasteiger partial charge in [-0.1, -0.05) is 23.7 Å². The first-order valence-electron chi connectivity index (χ1n) is 4.11. The van der Waals surface area contributed by atoms with Gasteiger partial charge in [0.25, 0.3) is 0 Å². The van der Waals surface area contributed by atoms with Crippen molar-refractivity contribution in [3.8, 4) is 10.6 Å². The fourth-order valence-electron chi connectivity index (χ4n) is 1.11. The Kier molecular flexibility index (Phi) is 3.11. The Morgan fingerprint density at radius 3 is 2.57 bits per heavy atom. The molecule has 0 aliphatic heterocycles. The Morgan fingerprint density at radius 1 is 1.29 bits per heavy atom. The maximum Gasteiger partial charge on any atom is 0.123 e. The maximum absolute atomic E-state index is 5.80. The van der Waals surface area contributed by atoms with Gasteiger partial charge in [-0.25, -0.2) is 4.98 Å². The van der Waals surface area contributed by atoms with Crippen LogP contribution in [0.5, 0.6) is 0 Å². The van der Waals surface area contributed by atoms with Crippen molar-refractivity contribution in [3.05, 3.63) is 40.4 Å². The summed E-state index contributed by atoms with van der Waals surface area (Å²) in [7, 11) is 0. The quantitative estimate of drug-likeness (QED) is 0.787. The predicted octanol–water partition coefficient (Wildman–Crippen LogP) is 3.89. The third kappa shape index (κ3) is 2.11. The summed E-state index contributed by atoms with van der Waals surface area (Å²) in [6.07, 6.45) is 1.86. The second kappa shape index (κ2) is 4.34. The standard InChI is InChI=1S/C10H8ClNS2/c11-8-3-1-7(2-4-8)10-12-5-9(6-13)14-10/h1-5,13H,6H2. The summed E-state index contributed by atoms with van der Waals surface area (Å²) in [5.74, 6) is 0.741. The van der Waals surface area contributed by atoms with Gasteiger partial charge in [-0.15, -0.1) is 11.3 Å². The highest BCUT2D eigenvalue weighted by Gasteiger charge is 2.02. The summed E-state index contributed by atoms with van der Waals surface area (Å²) in [6.45, 7) is 0. The van der Waals surface area contributed by atoms with Crippen molar-refractivity contribution in [1.29, 1.82) is 0 Å². The van der Waals surface area contributed by atoms with Gasteiger partial charge in [0.1, 0.15) is 5.01 Å². The van der Waals surface area contributed by atoms with Crippen molar-refractivity contribution in [1.82, 2.24) is 4.98 Å². The van der Waals surface area contributed by atoms with Gasteiger partial charge in [0.2, 0.25) is 0 Å². The third-order valence-electron chi connectivity index (χ3n) is 1.80. The number of rotatable bonds is 2. The summed E-state index contributed by atoms with van der Waals surface area (Å²) in [6, 6.07) is 7.70. The average Bonchev–Trinajstić information content (AvgIpc) is 2.67. The molecule has 0 saturated heterocycles. The molecule has 0 atom stereocenters. The largest absolute Gasteiger partial charge is 0.244 e. The fourth-order valence-corrected chi connectivity index (χ4v) is 2.29. The highest BCUT2D eigenvalue weighted by atomic mass is 35.5. The van der Waals surface area contributed by atoms with Crippen LogP contribution in [0.4, 0.5) is 0 Å². The van der Waals surface area contributed by atoms with Crippen LogP contribution in [0.15, 0.2) is 30.5 Å². The minimum absolute atomic E-state index is 0.741. The SMILES string of the molecule is SCc1cnc(-c2ccc(Cl)cc2)s1. The third-order valence-corrected chi connectivity index (χ3v) is 3.65. The maximum atomic E-state index is 5.80. The summed E-state index contributed by atoms with van der Waals surface area (Å²) >= 11 is 11.7. The lowest BCUT2D eigenvalue weighted by Gasteiger charge is -1.94. The summed E-state index contributed by atoms with van der Waals surface area (Å²) in [5, 5.41) is 1.77. The molecule has 0 aliphatic rings. The van der Waals surface area contributed by atoms with Gasteiger partial charge in [0.15, 0.2) is 0 Å². The summed E-state index contributed by atoms with van der Waals surface area (Å²) in [5.41, 5.74) is 1.10. The number of nitrogens with zero attached hydrogens (tertiary/aromatic N) is 1. The number of hydrogen-bond donors (Lipinski definition) is 1. The molecule has 0 bridgehead atoms. The molecule has 2 aromatic rings. The zero-order chi connectivity index (χ0) is 9.97. The second-order valence-electron chi connectivity index (χ2n) is 2.80. The average molecular weight is 242 g/mol. The van der Waals surface area contributed by atoms with Gasteiger partial charge >= 0.3 is 0 Å². The number of thiol groups is 1. The summed E-state index contributed by atoms with van der Waals surface area (Å²) in [4.78, 5) is 5.49. The molecule has 1 aromatic carbocycles. The van der Waals surface area contributed by atoms with Crippen LogP contribution in [-0.2, 0) is 5.75 Å². The number of hydrogen-bond acceptors (Lipinski definition) is 3. The molecule has 1 heterocycles. The first kappa shape index (κ1) is 10.0. The van der Waals surface area contributed by atoms with Crippen LogP contribution >= 0.6 is 35.6 Å². The van der Waals surface area contributed by atoms with Crippen molar-refractivity contribution in [2.75, 3.05) is 0 Å². The van der Waals surface area contributed by atoms with Gasteiger partial charge < -0.3 is 0 Å². The van der Waals surface area contributed by atoms with Gasteiger partial charge in [-0.05, 0) is 12.1 Å². The molecule has 0 spiro atoms. The molecule has 0 saturated carbocycles. The minimum atomic E-state index is 0.741. The van der Waals surface area contributed by atoms with Gasteiger partial charge in [-0.2, -0.15) is 12.6 Å². The minimum Gasteiger partial charge on any atom is -0.244 e. The zero-order valence-electron chi connectivity index (χ0n) is 7.27. The predicted molar refractivity (Wildman–Crippen MR) is 65.3 cm³/mol. The molecule has 14 heavy (non-hydrogen) atoms. The Morgan fingerprint density at radius 2 is 2.00 bits per heavy atom. The van der Waals surface area contributed by atoms with Gasteiger partial charge in [-0.3, -0.25) is 0 Å². The molecular weight excluding hydrogens is 234 g/mol. The number of halogens is 1. The first-order valence-corrected chi connectivity index (χ1v) is 5.94. The molecule has 0 aliphatic carbocycles. The Hall–Kier alpha value is -0.510. The molecule has 0 unspecified atom stereocenters. The second-order valence-corrected chi connectivity index (χ2v) is 4.66. The molecule has 1 aromatic heterocycles. The van der Waals surface area contributed by atoms with Gasteiger partial charge in [0, 0.05) is 27.4 Å². The van der Waals surface area contributed by atoms with E-state index in [9.17, 15) is 0 Å². The lowest BCUT2D eigenvalue weighted by Crippen LogP contribution is -1.73. The van der Waals surface area contributed by atoms with E-state index < -0.39 is 0 Å². The molecule has 1 nitrogen and oxygen atoms in total. The monoisotopic (exact) mass is 241 g/mol. The number of aromatic nitrogens is 1. The van der Waals surface area contributed by atoms with E-state index >= 15 is 0 Å². The molecule has 0 radical (unpaired) electrons. The molecule has 0 amide bonds. The van der Waals surface area contributed by atoms with E-state index in [1.165, 1.54) is 4.88 Å². The van der Waals surface area contributed by atoms with E-state index in [1.54, 1.807) is 11.3 Å². The Balaban J connectivity index is 2.34. The van der Waals surface area contributed by atoms with E-state index in [4.69, 9.17) is 11.6 Å². The van der Waals surface area contributed by atoms with Crippen LogP contribution in [0.3, 0.4) is 0 Å². The van der Waals surface area contributed by atoms with E-state index in [-0.39, 0.29) is 0 Å². The van der Waals surface area contributed by atoms with Crippen LogP contribution < -0.4 is 0 Å². The normalized spacial score (nSPS) is 10.4. The highest BCUT2D eigenvalue weighted by Crippen LogP contribution is 2.26. The Labute approximate surface area is 97.2 Å². The molecule has 4 heteroatoms. The van der Waals surface area contributed by atoms with Crippen molar-refractivity contribution >= 4 is 35.6 Å². The van der Waals surface area contributed by atoms with E-state index in [0.29, 0.717) is 0 Å². The van der Waals surface area contributed by atoms with Crippen molar-refractivity contribution in [2.24, 2.45) is 0 Å².